The van der Waals surface area contributed by atoms with Gasteiger partial charge >= 0.3 is 0 Å². The van der Waals surface area contributed by atoms with E-state index in [-0.39, 0.29) is 5.41 Å². The lowest BCUT2D eigenvalue weighted by Gasteiger charge is -2.24. The van der Waals surface area contributed by atoms with Crippen molar-refractivity contribution in [2.24, 2.45) is 5.73 Å². The maximum Gasteiger partial charge on any atom is 0.0705 e. The molecule has 2 nitrogen and oxygen atoms in total. The van der Waals surface area contributed by atoms with Crippen molar-refractivity contribution in [3.8, 4) is 0 Å². The smallest absolute Gasteiger partial charge is 0.0705 e. The predicted octanol–water partition coefficient (Wildman–Crippen LogP) is 3.75. The summed E-state index contributed by atoms with van der Waals surface area (Å²) in [6.45, 7) is 7.16. The zero-order chi connectivity index (χ0) is 12.6. The van der Waals surface area contributed by atoms with Gasteiger partial charge < -0.3 is 5.73 Å². The SMILES string of the molecule is CC(C)(C)c1c(CN)cnc2ccc(Br)cc12. The zero-order valence-corrected chi connectivity index (χ0v) is 12.0. The summed E-state index contributed by atoms with van der Waals surface area (Å²) in [4.78, 5) is 4.47. The van der Waals surface area contributed by atoms with E-state index in [1.54, 1.807) is 0 Å². The molecule has 0 saturated carbocycles. The molecule has 0 aliphatic carbocycles. The van der Waals surface area contributed by atoms with Crippen LogP contribution in [0.3, 0.4) is 0 Å². The van der Waals surface area contributed by atoms with Crippen molar-refractivity contribution < 1.29 is 0 Å². The number of halogens is 1. The molecule has 1 aromatic carbocycles. The van der Waals surface area contributed by atoms with E-state index in [0.717, 1.165) is 15.6 Å². The molecule has 2 aromatic rings. The standard InChI is InChI=1S/C14H17BrN2/c1-14(2,3)13-9(7-16)8-17-12-5-4-10(15)6-11(12)13/h4-6,8H,7,16H2,1-3H3. The first kappa shape index (κ1) is 12.5. The van der Waals surface area contributed by atoms with Crippen LogP contribution in [-0.4, -0.2) is 4.98 Å². The maximum atomic E-state index is 5.82. The van der Waals surface area contributed by atoms with Crippen LogP contribution < -0.4 is 5.73 Å². The molecule has 0 atom stereocenters. The van der Waals surface area contributed by atoms with Gasteiger partial charge in [0.2, 0.25) is 0 Å². The van der Waals surface area contributed by atoms with Crippen LogP contribution in [0.15, 0.2) is 28.9 Å². The van der Waals surface area contributed by atoms with E-state index in [0.29, 0.717) is 6.54 Å². The highest BCUT2D eigenvalue weighted by Gasteiger charge is 2.21. The van der Waals surface area contributed by atoms with E-state index in [1.165, 1.54) is 10.9 Å². The molecule has 0 unspecified atom stereocenters. The minimum absolute atomic E-state index is 0.0662. The fraction of sp³-hybridized carbons (Fsp3) is 0.357. The van der Waals surface area contributed by atoms with E-state index in [1.807, 2.05) is 18.3 Å². The average Bonchev–Trinajstić information content (AvgIpc) is 2.25. The van der Waals surface area contributed by atoms with Gasteiger partial charge in [-0.2, -0.15) is 0 Å². The molecule has 90 valence electrons. The molecule has 0 fully saturated rings. The average molecular weight is 293 g/mol. The number of aromatic nitrogens is 1. The molecule has 1 aromatic heterocycles. The van der Waals surface area contributed by atoms with Crippen LogP contribution in [0.5, 0.6) is 0 Å². The third-order valence-electron chi connectivity index (χ3n) is 2.88. The third-order valence-corrected chi connectivity index (χ3v) is 3.37. The molecule has 3 heteroatoms. The molecule has 0 aliphatic rings. The first-order chi connectivity index (χ1) is 7.93. The minimum atomic E-state index is 0.0662. The number of nitrogens with zero attached hydrogens (tertiary/aromatic N) is 1. The number of nitrogens with two attached hydrogens (primary N) is 1. The van der Waals surface area contributed by atoms with Gasteiger partial charge in [0, 0.05) is 22.6 Å². The van der Waals surface area contributed by atoms with Crippen LogP contribution in [0.4, 0.5) is 0 Å². The molecule has 0 radical (unpaired) electrons. The molecule has 0 spiro atoms. The van der Waals surface area contributed by atoms with Crippen molar-refractivity contribution in [1.82, 2.24) is 4.98 Å². The highest BCUT2D eigenvalue weighted by Crippen LogP contribution is 2.33. The van der Waals surface area contributed by atoms with Crippen molar-refractivity contribution in [2.75, 3.05) is 0 Å². The second kappa shape index (κ2) is 4.39. The largest absolute Gasteiger partial charge is 0.326 e. The quantitative estimate of drug-likeness (QED) is 0.869. The van der Waals surface area contributed by atoms with Crippen LogP contribution >= 0.6 is 15.9 Å². The minimum Gasteiger partial charge on any atom is -0.326 e. The summed E-state index contributed by atoms with van der Waals surface area (Å²) < 4.78 is 1.08. The molecule has 0 saturated heterocycles. The number of hydrogen-bond acceptors (Lipinski definition) is 2. The summed E-state index contributed by atoms with van der Waals surface area (Å²) in [6.07, 6.45) is 1.90. The summed E-state index contributed by atoms with van der Waals surface area (Å²) in [6, 6.07) is 6.18. The highest BCUT2D eigenvalue weighted by atomic mass is 79.9. The summed E-state index contributed by atoms with van der Waals surface area (Å²) in [7, 11) is 0. The monoisotopic (exact) mass is 292 g/mol. The van der Waals surface area contributed by atoms with Gasteiger partial charge in [-0.05, 0) is 34.7 Å². The van der Waals surface area contributed by atoms with Gasteiger partial charge in [-0.25, -0.2) is 0 Å². The molecular weight excluding hydrogens is 276 g/mol. The Labute approximate surface area is 110 Å². The Hall–Kier alpha value is -0.930. The summed E-state index contributed by atoms with van der Waals surface area (Å²) in [5, 5.41) is 1.19. The normalized spacial score (nSPS) is 12.1. The Morgan fingerprint density at radius 2 is 2.00 bits per heavy atom. The molecule has 0 aliphatic heterocycles. The third kappa shape index (κ3) is 2.35. The second-order valence-electron chi connectivity index (χ2n) is 5.27. The lowest BCUT2D eigenvalue weighted by atomic mass is 9.82. The van der Waals surface area contributed by atoms with Gasteiger partial charge in [-0.3, -0.25) is 4.98 Å². The molecule has 0 amide bonds. The van der Waals surface area contributed by atoms with Crippen LogP contribution in [0.1, 0.15) is 31.9 Å². The lowest BCUT2D eigenvalue weighted by molar-refractivity contribution is 0.587. The van der Waals surface area contributed by atoms with Crippen molar-refractivity contribution in [3.63, 3.8) is 0 Å². The Morgan fingerprint density at radius 3 is 2.59 bits per heavy atom. The second-order valence-corrected chi connectivity index (χ2v) is 6.19. The summed E-state index contributed by atoms with van der Waals surface area (Å²) >= 11 is 3.52. The molecule has 17 heavy (non-hydrogen) atoms. The van der Waals surface area contributed by atoms with E-state index in [4.69, 9.17) is 5.73 Å². The first-order valence-electron chi connectivity index (χ1n) is 5.71. The fourth-order valence-corrected chi connectivity index (χ4v) is 2.61. The molecule has 1 heterocycles. The predicted molar refractivity (Wildman–Crippen MR) is 76.0 cm³/mol. The van der Waals surface area contributed by atoms with Gasteiger partial charge in [0.15, 0.2) is 0 Å². The molecular formula is C14H17BrN2. The van der Waals surface area contributed by atoms with Crippen LogP contribution in [0, 0.1) is 0 Å². The summed E-state index contributed by atoms with van der Waals surface area (Å²) in [5.41, 5.74) is 9.34. The van der Waals surface area contributed by atoms with Gasteiger partial charge in [-0.15, -0.1) is 0 Å². The first-order valence-corrected chi connectivity index (χ1v) is 6.50. The molecule has 0 bridgehead atoms. The number of pyridine rings is 1. The van der Waals surface area contributed by atoms with E-state index < -0.39 is 0 Å². The molecule has 2 N–H and O–H groups in total. The van der Waals surface area contributed by atoms with E-state index in [2.05, 4.69) is 47.8 Å². The Kier molecular flexibility index (Phi) is 3.23. The fourth-order valence-electron chi connectivity index (χ4n) is 2.25. The van der Waals surface area contributed by atoms with E-state index in [9.17, 15) is 0 Å². The van der Waals surface area contributed by atoms with Crippen molar-refractivity contribution >= 4 is 26.8 Å². The number of rotatable bonds is 1. The van der Waals surface area contributed by atoms with Crippen LogP contribution in [-0.2, 0) is 12.0 Å². The Morgan fingerprint density at radius 1 is 1.29 bits per heavy atom. The Balaban J connectivity index is 2.87. The number of benzene rings is 1. The van der Waals surface area contributed by atoms with E-state index >= 15 is 0 Å². The maximum absolute atomic E-state index is 5.82. The van der Waals surface area contributed by atoms with Crippen molar-refractivity contribution in [1.29, 1.82) is 0 Å². The Bertz CT molecular complexity index is 556. The highest BCUT2D eigenvalue weighted by molar-refractivity contribution is 9.10. The van der Waals surface area contributed by atoms with Crippen LogP contribution in [0.25, 0.3) is 10.9 Å². The van der Waals surface area contributed by atoms with Crippen LogP contribution in [0.2, 0.25) is 0 Å². The number of hydrogen-bond donors (Lipinski definition) is 1. The number of fused-ring (bicyclic) bond motifs is 1. The summed E-state index contributed by atoms with van der Waals surface area (Å²) in [5.74, 6) is 0. The van der Waals surface area contributed by atoms with Crippen molar-refractivity contribution in [3.05, 3.63) is 40.0 Å². The molecule has 2 rings (SSSR count). The van der Waals surface area contributed by atoms with Crippen molar-refractivity contribution in [2.45, 2.75) is 32.7 Å². The van der Waals surface area contributed by atoms with Gasteiger partial charge in [0.05, 0.1) is 5.52 Å². The van der Waals surface area contributed by atoms with Gasteiger partial charge in [0.25, 0.3) is 0 Å². The zero-order valence-electron chi connectivity index (χ0n) is 10.4. The topological polar surface area (TPSA) is 38.9 Å². The van der Waals surface area contributed by atoms with Gasteiger partial charge in [0.1, 0.15) is 0 Å². The lowest BCUT2D eigenvalue weighted by Crippen LogP contribution is -2.17. The van der Waals surface area contributed by atoms with Gasteiger partial charge in [-0.1, -0.05) is 36.7 Å².